The topological polar surface area (TPSA) is 80.3 Å². The number of aromatic nitrogens is 1. The smallest absolute Gasteiger partial charge is 0.246 e. The Morgan fingerprint density at radius 2 is 2.26 bits per heavy atom. The van der Waals surface area contributed by atoms with E-state index in [2.05, 4.69) is 15.6 Å². The van der Waals surface area contributed by atoms with E-state index >= 15 is 0 Å². The number of hydrogen-bond acceptors (Lipinski definition) is 5. The van der Waals surface area contributed by atoms with Crippen molar-refractivity contribution in [2.75, 3.05) is 13.2 Å². The van der Waals surface area contributed by atoms with E-state index in [1.54, 1.807) is 11.3 Å². The molecule has 1 aromatic heterocycles. The maximum atomic E-state index is 11.9. The van der Waals surface area contributed by atoms with Gasteiger partial charge >= 0.3 is 0 Å². The predicted octanol–water partition coefficient (Wildman–Crippen LogP) is 1.60. The van der Waals surface area contributed by atoms with E-state index in [9.17, 15) is 9.59 Å². The van der Waals surface area contributed by atoms with Gasteiger partial charge in [-0.3, -0.25) is 9.59 Å². The Balaban J connectivity index is 1.46. The quantitative estimate of drug-likeness (QED) is 0.871. The van der Waals surface area contributed by atoms with Crippen molar-refractivity contribution < 1.29 is 14.3 Å². The summed E-state index contributed by atoms with van der Waals surface area (Å²) in [6, 6.07) is 7.42. The zero-order chi connectivity index (χ0) is 16.1. The third-order valence-electron chi connectivity index (χ3n) is 3.67. The summed E-state index contributed by atoms with van der Waals surface area (Å²) >= 11 is 1.56. The molecule has 0 unspecified atom stereocenters. The number of hydrogen-bond donors (Lipinski definition) is 2. The monoisotopic (exact) mass is 333 g/mol. The van der Waals surface area contributed by atoms with Crippen LogP contribution in [-0.4, -0.2) is 36.0 Å². The molecule has 7 heteroatoms. The van der Waals surface area contributed by atoms with Gasteiger partial charge in [-0.1, -0.05) is 12.1 Å². The van der Waals surface area contributed by atoms with Crippen LogP contribution in [0.15, 0.2) is 24.3 Å². The van der Waals surface area contributed by atoms with Crippen molar-refractivity contribution >= 4 is 33.4 Å². The first-order valence-electron chi connectivity index (χ1n) is 7.71. The van der Waals surface area contributed by atoms with E-state index in [1.165, 1.54) is 0 Å². The van der Waals surface area contributed by atoms with Crippen LogP contribution < -0.4 is 10.6 Å². The maximum absolute atomic E-state index is 11.9. The fraction of sp³-hybridized carbons (Fsp3) is 0.438. The second-order valence-electron chi connectivity index (χ2n) is 5.48. The van der Waals surface area contributed by atoms with Crippen molar-refractivity contribution in [3.05, 3.63) is 29.3 Å². The highest BCUT2D eigenvalue weighted by Crippen LogP contribution is 2.21. The SMILES string of the molecule is O=C(COCc1nc2ccccc2s1)N[C@@H]1CCCCNC1=O. The molecule has 1 aliphatic rings. The van der Waals surface area contributed by atoms with Gasteiger partial charge < -0.3 is 15.4 Å². The predicted molar refractivity (Wildman–Crippen MR) is 88.1 cm³/mol. The van der Waals surface area contributed by atoms with Crippen molar-refractivity contribution in [3.63, 3.8) is 0 Å². The molecule has 0 spiro atoms. The van der Waals surface area contributed by atoms with Gasteiger partial charge in [0, 0.05) is 6.54 Å². The number of para-hydroxylation sites is 1. The first-order chi connectivity index (χ1) is 11.2. The summed E-state index contributed by atoms with van der Waals surface area (Å²) in [5.74, 6) is -0.379. The Kier molecular flexibility index (Phi) is 5.19. The number of nitrogens with one attached hydrogen (secondary N) is 2. The molecule has 2 aromatic rings. The molecule has 6 nitrogen and oxygen atoms in total. The summed E-state index contributed by atoms with van der Waals surface area (Å²) in [7, 11) is 0. The van der Waals surface area contributed by atoms with E-state index in [4.69, 9.17) is 4.74 Å². The molecule has 2 heterocycles. The zero-order valence-electron chi connectivity index (χ0n) is 12.7. The van der Waals surface area contributed by atoms with Gasteiger partial charge in [0.25, 0.3) is 0 Å². The fourth-order valence-electron chi connectivity index (χ4n) is 2.53. The van der Waals surface area contributed by atoms with Crippen LogP contribution in [0.5, 0.6) is 0 Å². The second-order valence-corrected chi connectivity index (χ2v) is 6.59. The number of thiazole rings is 1. The Morgan fingerprint density at radius 1 is 1.39 bits per heavy atom. The molecular weight excluding hydrogens is 314 g/mol. The van der Waals surface area contributed by atoms with E-state index in [1.807, 2.05) is 24.3 Å². The average Bonchev–Trinajstić information content (AvgIpc) is 2.85. The van der Waals surface area contributed by atoms with Gasteiger partial charge in [0.15, 0.2) is 0 Å². The standard InChI is InChI=1S/C16H19N3O3S/c20-14(18-12-6-3-4-8-17-16(12)21)9-22-10-15-19-11-5-1-2-7-13(11)23-15/h1-2,5,7,12H,3-4,6,8-10H2,(H,17,21)(H,18,20)/t12-/m1/s1. The maximum Gasteiger partial charge on any atom is 0.246 e. The molecule has 2 amide bonds. The van der Waals surface area contributed by atoms with Crippen LogP contribution in [0.4, 0.5) is 0 Å². The van der Waals surface area contributed by atoms with Crippen LogP contribution in [0.3, 0.4) is 0 Å². The van der Waals surface area contributed by atoms with Crippen molar-refractivity contribution in [1.29, 1.82) is 0 Å². The molecule has 0 radical (unpaired) electrons. The fourth-order valence-corrected chi connectivity index (χ4v) is 3.43. The van der Waals surface area contributed by atoms with E-state index in [0.717, 1.165) is 28.1 Å². The minimum Gasteiger partial charge on any atom is -0.364 e. The van der Waals surface area contributed by atoms with E-state index in [0.29, 0.717) is 19.6 Å². The number of carbonyl (C=O) groups is 2. The molecule has 0 aliphatic carbocycles. The summed E-state index contributed by atoms with van der Waals surface area (Å²) in [5, 5.41) is 6.36. The van der Waals surface area contributed by atoms with Crippen LogP contribution in [0.25, 0.3) is 10.2 Å². The first kappa shape index (κ1) is 15.9. The van der Waals surface area contributed by atoms with Crippen molar-refractivity contribution in [2.45, 2.75) is 31.9 Å². The Labute approximate surface area is 138 Å². The van der Waals surface area contributed by atoms with Crippen LogP contribution in [0, 0.1) is 0 Å². The van der Waals surface area contributed by atoms with Crippen LogP contribution in [-0.2, 0) is 20.9 Å². The highest BCUT2D eigenvalue weighted by molar-refractivity contribution is 7.18. The second kappa shape index (κ2) is 7.52. The number of benzene rings is 1. The first-order valence-corrected chi connectivity index (χ1v) is 8.53. The lowest BCUT2D eigenvalue weighted by Crippen LogP contribution is -2.46. The molecule has 1 aromatic carbocycles. The molecular formula is C16H19N3O3S. The van der Waals surface area contributed by atoms with Crippen molar-refractivity contribution in [2.24, 2.45) is 0 Å². The molecule has 1 atom stereocenters. The van der Waals surface area contributed by atoms with Crippen molar-refractivity contribution in [1.82, 2.24) is 15.6 Å². The molecule has 0 saturated carbocycles. The number of nitrogens with zero attached hydrogens (tertiary/aromatic N) is 1. The van der Waals surface area contributed by atoms with Crippen molar-refractivity contribution in [3.8, 4) is 0 Å². The minimum atomic E-state index is -0.448. The number of ether oxygens (including phenoxy) is 1. The Hall–Kier alpha value is -1.99. The molecule has 122 valence electrons. The highest BCUT2D eigenvalue weighted by Gasteiger charge is 2.22. The zero-order valence-corrected chi connectivity index (χ0v) is 13.5. The van der Waals surface area contributed by atoms with Crippen LogP contribution in [0.1, 0.15) is 24.3 Å². The molecule has 1 aliphatic heterocycles. The third kappa shape index (κ3) is 4.27. The number of fused-ring (bicyclic) bond motifs is 1. The van der Waals surface area contributed by atoms with Gasteiger partial charge in [0.1, 0.15) is 17.7 Å². The summed E-state index contributed by atoms with van der Waals surface area (Å²) in [4.78, 5) is 28.1. The molecule has 1 fully saturated rings. The van der Waals surface area contributed by atoms with E-state index < -0.39 is 6.04 Å². The van der Waals surface area contributed by atoms with Crippen LogP contribution in [0.2, 0.25) is 0 Å². The molecule has 3 rings (SSSR count). The minimum absolute atomic E-state index is 0.0697. The normalized spacial score (nSPS) is 18.4. The Bertz CT molecular complexity index is 668. The summed E-state index contributed by atoms with van der Waals surface area (Å²) in [6.07, 6.45) is 2.55. The summed E-state index contributed by atoms with van der Waals surface area (Å²) in [6.45, 7) is 0.905. The number of carbonyl (C=O) groups excluding carboxylic acids is 2. The van der Waals surface area contributed by atoms with Crippen LogP contribution >= 0.6 is 11.3 Å². The van der Waals surface area contributed by atoms with Gasteiger partial charge in [0.05, 0.1) is 16.8 Å². The number of rotatable bonds is 5. The van der Waals surface area contributed by atoms with Gasteiger partial charge in [0.2, 0.25) is 11.8 Å². The lowest BCUT2D eigenvalue weighted by molar-refractivity contribution is -0.131. The molecule has 23 heavy (non-hydrogen) atoms. The average molecular weight is 333 g/mol. The largest absolute Gasteiger partial charge is 0.364 e. The summed E-state index contributed by atoms with van der Waals surface area (Å²) in [5.41, 5.74) is 0.940. The van der Waals surface area contributed by atoms with Gasteiger partial charge in [-0.15, -0.1) is 11.3 Å². The van der Waals surface area contributed by atoms with Gasteiger partial charge in [-0.05, 0) is 31.4 Å². The van der Waals surface area contributed by atoms with E-state index in [-0.39, 0.29) is 18.4 Å². The third-order valence-corrected chi connectivity index (χ3v) is 4.68. The highest BCUT2D eigenvalue weighted by atomic mass is 32.1. The lowest BCUT2D eigenvalue weighted by atomic mass is 10.1. The molecule has 1 saturated heterocycles. The number of amides is 2. The molecule has 0 bridgehead atoms. The summed E-state index contributed by atoms with van der Waals surface area (Å²) < 4.78 is 6.53. The molecule has 2 N–H and O–H groups in total. The van der Waals surface area contributed by atoms with Gasteiger partial charge in [-0.25, -0.2) is 4.98 Å². The lowest BCUT2D eigenvalue weighted by Gasteiger charge is -2.14. The van der Waals surface area contributed by atoms with Gasteiger partial charge in [-0.2, -0.15) is 0 Å². The Morgan fingerprint density at radius 3 is 3.13 bits per heavy atom.